The first-order valence-electron chi connectivity index (χ1n) is 19.3. The van der Waals surface area contributed by atoms with Crippen LogP contribution in [0.2, 0.25) is 0 Å². The molecule has 0 atom stereocenters. The third-order valence-electron chi connectivity index (χ3n) is 8.87. The molecule has 13 heteroatoms. The topological polar surface area (TPSA) is 190 Å². The first-order chi connectivity index (χ1) is 29.8. The smallest absolute Gasteiger partial charge is 0.146 e. The zero-order valence-electron chi connectivity index (χ0n) is 33.2. The highest BCUT2D eigenvalue weighted by atomic mass is 16.3. The molecular weight excluding hydrogens is 767 g/mol. The molecule has 0 saturated heterocycles. The van der Waals surface area contributed by atoms with Gasteiger partial charge in [0.15, 0.2) is 0 Å². The van der Waals surface area contributed by atoms with Gasteiger partial charge in [-0.3, -0.25) is 19.9 Å². The molecule has 0 amide bonds. The van der Waals surface area contributed by atoms with Crippen LogP contribution >= 0.6 is 0 Å². The van der Waals surface area contributed by atoms with Gasteiger partial charge in [0, 0.05) is 36.9 Å². The van der Waals surface area contributed by atoms with Gasteiger partial charge in [0.1, 0.15) is 34.4 Å². The SMILES string of the molecule is Nc1ccccc1N(Cc1ccccn1)Cc1ccccn1.Oc1ccc(N=Nc2ccccc2N(Cc2ccccn2)Cc2ccccn2)c(O)c1.Oc1cccc(O)c1. The molecule has 13 nitrogen and oxygen atoms in total. The maximum Gasteiger partial charge on any atom is 0.146 e. The highest BCUT2D eigenvalue weighted by Crippen LogP contribution is 2.35. The number of nitrogen functional groups attached to an aromatic ring is 1. The van der Waals surface area contributed by atoms with Gasteiger partial charge in [-0.1, -0.05) is 54.6 Å². The largest absolute Gasteiger partial charge is 0.508 e. The Bertz CT molecular complexity index is 2470. The van der Waals surface area contributed by atoms with Crippen LogP contribution in [-0.4, -0.2) is 40.4 Å². The van der Waals surface area contributed by atoms with E-state index in [2.05, 4.69) is 40.0 Å². The number of aromatic hydroxyl groups is 4. The van der Waals surface area contributed by atoms with Crippen LogP contribution in [0.5, 0.6) is 23.0 Å². The third kappa shape index (κ3) is 13.4. The van der Waals surface area contributed by atoms with E-state index in [4.69, 9.17) is 15.9 Å². The summed E-state index contributed by atoms with van der Waals surface area (Å²) in [7, 11) is 0. The predicted octanol–water partition coefficient (Wildman–Crippen LogP) is 9.87. The first-order valence-corrected chi connectivity index (χ1v) is 19.3. The van der Waals surface area contributed by atoms with Crippen LogP contribution in [0, 0.1) is 0 Å². The number of phenolic OH excluding ortho intramolecular Hbond substituents is 4. The van der Waals surface area contributed by atoms with Crippen LogP contribution < -0.4 is 15.5 Å². The maximum atomic E-state index is 10.00. The number of phenols is 4. The number of anilines is 3. The summed E-state index contributed by atoms with van der Waals surface area (Å²) in [4.78, 5) is 22.1. The lowest BCUT2D eigenvalue weighted by atomic mass is 10.2. The molecule has 306 valence electrons. The van der Waals surface area contributed by atoms with Crippen molar-refractivity contribution in [1.29, 1.82) is 0 Å². The summed E-state index contributed by atoms with van der Waals surface area (Å²) in [6.45, 7) is 2.50. The number of hydrogen-bond donors (Lipinski definition) is 5. The van der Waals surface area contributed by atoms with E-state index in [9.17, 15) is 10.2 Å². The second kappa shape index (κ2) is 22.0. The maximum absolute atomic E-state index is 10.00. The van der Waals surface area contributed by atoms with Crippen molar-refractivity contribution in [2.45, 2.75) is 26.2 Å². The molecule has 0 unspecified atom stereocenters. The summed E-state index contributed by atoms with van der Waals surface area (Å²) in [6, 6.07) is 49.1. The van der Waals surface area contributed by atoms with Crippen LogP contribution in [0.3, 0.4) is 0 Å². The second-order valence-electron chi connectivity index (χ2n) is 13.4. The standard InChI is InChI=1S/C24H21N5O2.C18H18N4.C6H6O2/c30-20-11-12-22(24(31)15-20)28-27-21-9-1-2-10-23(21)29(16-18-7-3-5-13-25-18)17-19-8-4-6-14-26-19;19-17-9-1-2-10-18(17)22(13-15-7-3-5-11-20-15)14-16-8-4-6-12-21-16;7-5-2-1-3-6(8)4-5/h1-15,30-31H,16-17H2;1-12H,13-14,19H2;1-4,7-8H. The van der Waals surface area contributed by atoms with Gasteiger partial charge in [-0.2, -0.15) is 0 Å². The molecule has 4 aromatic carbocycles. The number of para-hydroxylation sites is 3. The van der Waals surface area contributed by atoms with Crippen molar-refractivity contribution in [3.8, 4) is 23.0 Å². The Morgan fingerprint density at radius 2 is 0.803 bits per heavy atom. The quantitative estimate of drug-likeness (QED) is 0.0583. The number of hydrogen-bond acceptors (Lipinski definition) is 13. The molecule has 4 aromatic heterocycles. The lowest BCUT2D eigenvalue weighted by molar-refractivity contribution is 0.450. The molecule has 0 aliphatic carbocycles. The van der Waals surface area contributed by atoms with Gasteiger partial charge >= 0.3 is 0 Å². The fraction of sp³-hybridized carbons (Fsp3) is 0.0833. The fourth-order valence-corrected chi connectivity index (χ4v) is 5.99. The molecule has 0 spiro atoms. The second-order valence-corrected chi connectivity index (χ2v) is 13.4. The molecule has 61 heavy (non-hydrogen) atoms. The van der Waals surface area contributed by atoms with Gasteiger partial charge in [-0.25, -0.2) is 0 Å². The first kappa shape index (κ1) is 42.3. The van der Waals surface area contributed by atoms with Crippen LogP contribution in [0.1, 0.15) is 22.8 Å². The third-order valence-corrected chi connectivity index (χ3v) is 8.87. The minimum absolute atomic E-state index is 0.0336. The van der Waals surface area contributed by atoms with E-state index in [1.807, 2.05) is 134 Å². The molecule has 0 aliphatic heterocycles. The van der Waals surface area contributed by atoms with Crippen molar-refractivity contribution in [2.75, 3.05) is 15.5 Å². The van der Waals surface area contributed by atoms with Crippen LogP contribution in [0.4, 0.5) is 28.4 Å². The molecule has 0 bridgehead atoms. The highest BCUT2D eigenvalue weighted by Gasteiger charge is 2.15. The lowest BCUT2D eigenvalue weighted by Crippen LogP contribution is -2.24. The van der Waals surface area contributed by atoms with Gasteiger partial charge in [0.25, 0.3) is 0 Å². The summed E-state index contributed by atoms with van der Waals surface area (Å²) >= 11 is 0. The Kier molecular flexibility index (Phi) is 15.3. The molecule has 0 aliphatic rings. The zero-order chi connectivity index (χ0) is 42.7. The summed E-state index contributed by atoms with van der Waals surface area (Å²) in [6.07, 6.45) is 7.16. The van der Waals surface area contributed by atoms with E-state index >= 15 is 0 Å². The minimum Gasteiger partial charge on any atom is -0.508 e. The molecule has 4 heterocycles. The van der Waals surface area contributed by atoms with Crippen LogP contribution in [0.15, 0.2) is 199 Å². The Labute approximate surface area is 354 Å². The van der Waals surface area contributed by atoms with Crippen LogP contribution in [0.25, 0.3) is 0 Å². The van der Waals surface area contributed by atoms with E-state index in [1.54, 1.807) is 18.5 Å². The average molecular weight is 812 g/mol. The van der Waals surface area contributed by atoms with Crippen molar-refractivity contribution >= 4 is 28.4 Å². The molecule has 0 fully saturated rings. The molecule has 6 N–H and O–H groups in total. The van der Waals surface area contributed by atoms with E-state index < -0.39 is 0 Å². The minimum atomic E-state index is -0.139. The number of nitrogens with zero attached hydrogens (tertiary/aromatic N) is 8. The molecule has 0 saturated carbocycles. The molecule has 8 rings (SSSR count). The van der Waals surface area contributed by atoms with Crippen molar-refractivity contribution in [1.82, 2.24) is 19.9 Å². The number of rotatable bonds is 12. The van der Waals surface area contributed by atoms with Gasteiger partial charge in [-0.05, 0) is 97.1 Å². The number of nitrogens with two attached hydrogens (primary N) is 1. The van der Waals surface area contributed by atoms with Crippen molar-refractivity contribution in [3.05, 3.63) is 211 Å². The van der Waals surface area contributed by atoms with Crippen molar-refractivity contribution in [3.63, 3.8) is 0 Å². The van der Waals surface area contributed by atoms with Gasteiger partial charge in [0.2, 0.25) is 0 Å². The average Bonchev–Trinajstić information content (AvgIpc) is 3.28. The van der Waals surface area contributed by atoms with E-state index in [1.165, 1.54) is 36.4 Å². The van der Waals surface area contributed by atoms with Crippen molar-refractivity contribution < 1.29 is 20.4 Å². The monoisotopic (exact) mass is 811 g/mol. The summed E-state index contributed by atoms with van der Waals surface area (Å²) in [5.41, 5.74) is 13.5. The van der Waals surface area contributed by atoms with Gasteiger partial charge < -0.3 is 36.0 Å². The molecule has 8 aromatic rings. The van der Waals surface area contributed by atoms with E-state index in [0.717, 1.165) is 39.8 Å². The number of benzene rings is 4. The van der Waals surface area contributed by atoms with Gasteiger partial charge in [-0.15, -0.1) is 10.2 Å². The number of pyridine rings is 4. The highest BCUT2D eigenvalue weighted by molar-refractivity contribution is 5.68. The number of aromatic nitrogens is 4. The molecule has 0 radical (unpaired) electrons. The number of azo groups is 1. The van der Waals surface area contributed by atoms with E-state index in [-0.39, 0.29) is 28.7 Å². The van der Waals surface area contributed by atoms with Gasteiger partial charge in [0.05, 0.1) is 66.0 Å². The Morgan fingerprint density at radius 1 is 0.393 bits per heavy atom. The summed E-state index contributed by atoms with van der Waals surface area (Å²) < 4.78 is 0. The zero-order valence-corrected chi connectivity index (χ0v) is 33.2. The summed E-state index contributed by atoms with van der Waals surface area (Å²) in [5.74, 6) is 0.00352. The fourth-order valence-electron chi connectivity index (χ4n) is 5.99. The Morgan fingerprint density at radius 3 is 1.23 bits per heavy atom. The normalized spacial score (nSPS) is 10.5. The predicted molar refractivity (Wildman–Crippen MR) is 238 cm³/mol. The Hall–Kier alpha value is -8.32. The molecular formula is C48H45N9O4. The van der Waals surface area contributed by atoms with E-state index in [0.29, 0.717) is 31.9 Å². The van der Waals surface area contributed by atoms with Crippen LogP contribution in [-0.2, 0) is 26.2 Å². The van der Waals surface area contributed by atoms with Crippen molar-refractivity contribution in [2.24, 2.45) is 10.2 Å². The Balaban J connectivity index is 0.000000179. The summed E-state index contributed by atoms with van der Waals surface area (Å²) in [5, 5.41) is 45.3. The lowest BCUT2D eigenvalue weighted by Gasteiger charge is -2.25.